The van der Waals surface area contributed by atoms with Crippen molar-refractivity contribution in [2.24, 2.45) is 17.8 Å². The van der Waals surface area contributed by atoms with E-state index in [1.54, 1.807) is 64.1 Å². The van der Waals surface area contributed by atoms with Crippen molar-refractivity contribution in [3.8, 4) is 11.8 Å². The molecule has 0 radical (unpaired) electrons. The average Bonchev–Trinajstić information content (AvgIpc) is 3.70. The summed E-state index contributed by atoms with van der Waals surface area (Å²) in [5.41, 5.74) is 5.16. The number of carbonyl (C=O) groups is 3. The van der Waals surface area contributed by atoms with E-state index in [1.807, 2.05) is 6.07 Å². The normalized spacial score (nSPS) is 23.6. The van der Waals surface area contributed by atoms with E-state index in [0.717, 1.165) is 12.8 Å². The summed E-state index contributed by atoms with van der Waals surface area (Å²) in [6.45, 7) is 8.32. The topological polar surface area (TPSA) is 212 Å². The third-order valence-corrected chi connectivity index (χ3v) is 10.5. The summed E-state index contributed by atoms with van der Waals surface area (Å²) < 4.78 is 57.0. The number of ether oxygens (including phenoxy) is 5. The predicted molar refractivity (Wildman–Crippen MR) is 189 cm³/mol. The molecule has 16 nitrogen and oxygen atoms in total. The zero-order valence-corrected chi connectivity index (χ0v) is 31.2. The van der Waals surface area contributed by atoms with Gasteiger partial charge in [0.1, 0.15) is 30.6 Å². The third kappa shape index (κ3) is 9.35. The first-order valence-electron chi connectivity index (χ1n) is 17.5. The SMILES string of the molecule is CC(C)C(=O)O[C@H]1[C@H](c2ccc3c(N)ccnn23)O[C@](C#N)(CO[P@](=O)(N[C@@H](C)C(=O)OCC2CCOCC2)Oc2ccccc2)[C@H]1OC(=O)C(C)C. The molecule has 5 rings (SSSR count). The lowest BCUT2D eigenvalue weighted by atomic mass is 9.95. The van der Waals surface area contributed by atoms with Crippen molar-refractivity contribution < 1.29 is 51.7 Å². The molecule has 0 saturated carbocycles. The van der Waals surface area contributed by atoms with E-state index in [0.29, 0.717) is 30.1 Å². The molecule has 0 unspecified atom stereocenters. The molecular weight excluding hydrogens is 709 g/mol. The maximum Gasteiger partial charge on any atom is 0.459 e. The summed E-state index contributed by atoms with van der Waals surface area (Å²) in [5, 5.41) is 17.9. The highest BCUT2D eigenvalue weighted by Gasteiger charge is 2.62. The standard InChI is InChI=1S/C36H46N5O11P/c1-22(2)33(42)49-31-30(29-12-11-28-27(38)13-16-39-41(28)29)51-36(20-37,32(31)50-34(43)23(3)4)21-48-53(45,52-26-9-7-6-8-10-26)40-24(5)35(44)47-19-25-14-17-46-18-15-25/h6-13,16,22-25,30-32H,14-15,17-19,21,38H2,1-5H3,(H,40,45)/t24-,30-,31-,32-,36+,53+/m0/s1. The number of nitrogens with two attached hydrogens (primary N) is 1. The fourth-order valence-corrected chi connectivity index (χ4v) is 7.28. The van der Waals surface area contributed by atoms with E-state index in [2.05, 4.69) is 10.2 Å². The molecule has 0 aliphatic carbocycles. The third-order valence-electron chi connectivity index (χ3n) is 8.85. The van der Waals surface area contributed by atoms with E-state index in [9.17, 15) is 24.2 Å². The highest BCUT2D eigenvalue weighted by Crippen LogP contribution is 2.50. The lowest BCUT2D eigenvalue weighted by Gasteiger charge is -2.31. The van der Waals surface area contributed by atoms with Crippen LogP contribution in [0, 0.1) is 29.1 Å². The van der Waals surface area contributed by atoms with Crippen molar-refractivity contribution in [1.82, 2.24) is 14.7 Å². The molecule has 0 bridgehead atoms. The molecule has 3 N–H and O–H groups in total. The molecule has 286 valence electrons. The summed E-state index contributed by atoms with van der Waals surface area (Å²) in [7, 11) is -4.57. The van der Waals surface area contributed by atoms with Crippen LogP contribution in [-0.2, 0) is 47.2 Å². The molecule has 4 heterocycles. The van der Waals surface area contributed by atoms with Gasteiger partial charge in [0.2, 0.25) is 5.60 Å². The summed E-state index contributed by atoms with van der Waals surface area (Å²) in [5.74, 6) is -3.12. The smallest absolute Gasteiger partial charge is 0.459 e. The zero-order chi connectivity index (χ0) is 38.3. The molecule has 1 aromatic carbocycles. The van der Waals surface area contributed by atoms with Crippen molar-refractivity contribution in [2.75, 3.05) is 32.2 Å². The highest BCUT2D eigenvalue weighted by molar-refractivity contribution is 7.52. The number of nitrogen functional groups attached to an aromatic ring is 1. The zero-order valence-electron chi connectivity index (χ0n) is 30.3. The van der Waals surface area contributed by atoms with Gasteiger partial charge in [-0.15, -0.1) is 0 Å². The number of nitrogens with zero attached hydrogens (tertiary/aromatic N) is 3. The van der Waals surface area contributed by atoms with Gasteiger partial charge in [0, 0.05) is 19.4 Å². The largest absolute Gasteiger partial charge is 0.464 e. The van der Waals surface area contributed by atoms with Gasteiger partial charge in [0.25, 0.3) is 0 Å². The first kappa shape index (κ1) is 39.7. The molecule has 0 spiro atoms. The Morgan fingerprint density at radius 2 is 1.70 bits per heavy atom. The highest BCUT2D eigenvalue weighted by atomic mass is 31.2. The molecule has 2 aromatic heterocycles. The molecule has 2 aliphatic rings. The number of hydrogen-bond donors (Lipinski definition) is 2. The maximum atomic E-state index is 14.6. The Bertz CT molecular complexity index is 1840. The minimum atomic E-state index is -4.57. The van der Waals surface area contributed by atoms with Gasteiger partial charge in [-0.05, 0) is 56.0 Å². The van der Waals surface area contributed by atoms with Gasteiger partial charge in [-0.2, -0.15) is 15.4 Å². The van der Waals surface area contributed by atoms with Crippen LogP contribution in [0.15, 0.2) is 54.7 Å². The van der Waals surface area contributed by atoms with Gasteiger partial charge in [-0.1, -0.05) is 45.9 Å². The second-order valence-electron chi connectivity index (χ2n) is 13.7. The van der Waals surface area contributed by atoms with Crippen LogP contribution in [0.3, 0.4) is 0 Å². The first-order chi connectivity index (χ1) is 25.3. The molecule has 6 atom stereocenters. The van der Waals surface area contributed by atoms with Crippen LogP contribution < -0.4 is 15.3 Å². The van der Waals surface area contributed by atoms with Crippen LogP contribution in [0.4, 0.5) is 5.69 Å². The van der Waals surface area contributed by atoms with Gasteiger partial charge in [0.15, 0.2) is 12.2 Å². The Kier molecular flexibility index (Phi) is 12.8. The fraction of sp³-hybridized carbons (Fsp3) is 0.528. The average molecular weight is 756 g/mol. The number of para-hydroxylation sites is 1. The Morgan fingerprint density at radius 3 is 2.36 bits per heavy atom. The van der Waals surface area contributed by atoms with Crippen LogP contribution in [0.25, 0.3) is 5.52 Å². The van der Waals surface area contributed by atoms with Crippen molar-refractivity contribution in [2.45, 2.75) is 77.4 Å². The molecule has 2 aliphatic heterocycles. The molecule has 3 aromatic rings. The van der Waals surface area contributed by atoms with Crippen LogP contribution in [0.2, 0.25) is 0 Å². The number of rotatable bonds is 15. The Balaban J connectivity index is 1.49. The molecular formula is C36H46N5O11P. The van der Waals surface area contributed by atoms with Crippen LogP contribution in [0.5, 0.6) is 5.75 Å². The first-order valence-corrected chi connectivity index (χ1v) is 19.0. The van der Waals surface area contributed by atoms with Crippen LogP contribution in [0.1, 0.15) is 59.3 Å². The van der Waals surface area contributed by atoms with E-state index < -0.39 is 74.1 Å². The predicted octanol–water partition coefficient (Wildman–Crippen LogP) is 4.54. The van der Waals surface area contributed by atoms with Gasteiger partial charge >= 0.3 is 25.7 Å². The molecule has 2 saturated heterocycles. The number of esters is 3. The lowest BCUT2D eigenvalue weighted by Crippen LogP contribution is -2.50. The number of aromatic nitrogens is 2. The monoisotopic (exact) mass is 755 g/mol. The summed E-state index contributed by atoms with van der Waals surface area (Å²) in [6, 6.07) is 13.8. The number of nitrogens with one attached hydrogen (secondary N) is 1. The minimum Gasteiger partial charge on any atom is -0.464 e. The number of fused-ring (bicyclic) bond motifs is 1. The Labute approximate surface area is 307 Å². The quantitative estimate of drug-likeness (QED) is 0.124. The lowest BCUT2D eigenvalue weighted by molar-refractivity contribution is -0.173. The van der Waals surface area contributed by atoms with Gasteiger partial charge < -0.3 is 33.9 Å². The minimum absolute atomic E-state index is 0.122. The summed E-state index contributed by atoms with van der Waals surface area (Å²) in [4.78, 5) is 39.5. The molecule has 53 heavy (non-hydrogen) atoms. The van der Waals surface area contributed by atoms with E-state index >= 15 is 0 Å². The van der Waals surface area contributed by atoms with E-state index in [4.69, 9.17) is 38.5 Å². The van der Waals surface area contributed by atoms with E-state index in [-0.39, 0.29) is 18.3 Å². The number of benzene rings is 1. The van der Waals surface area contributed by atoms with Crippen molar-refractivity contribution in [3.05, 3.63) is 60.4 Å². The molecule has 0 amide bonds. The molecule has 17 heteroatoms. The van der Waals surface area contributed by atoms with Crippen molar-refractivity contribution in [1.29, 1.82) is 5.26 Å². The maximum absolute atomic E-state index is 14.6. The second-order valence-corrected chi connectivity index (χ2v) is 15.4. The number of carbonyl (C=O) groups excluding carboxylic acids is 3. The van der Waals surface area contributed by atoms with E-state index in [1.165, 1.54) is 29.8 Å². The van der Waals surface area contributed by atoms with Crippen molar-refractivity contribution in [3.63, 3.8) is 0 Å². The molecule has 2 fully saturated rings. The van der Waals surface area contributed by atoms with Gasteiger partial charge in [-0.25, -0.2) is 9.08 Å². The number of nitriles is 1. The van der Waals surface area contributed by atoms with Gasteiger partial charge in [-0.3, -0.25) is 18.9 Å². The second kappa shape index (κ2) is 17.1. The summed E-state index contributed by atoms with van der Waals surface area (Å²) in [6.07, 6.45) is -1.32. The fourth-order valence-electron chi connectivity index (χ4n) is 5.76. The number of hydrogen-bond acceptors (Lipinski definition) is 14. The summed E-state index contributed by atoms with van der Waals surface area (Å²) >= 11 is 0. The van der Waals surface area contributed by atoms with Crippen LogP contribution in [-0.4, -0.2) is 77.8 Å². The Hall–Kier alpha value is -4.52. The van der Waals surface area contributed by atoms with Gasteiger partial charge in [0.05, 0.1) is 35.3 Å². The van der Waals surface area contributed by atoms with Crippen molar-refractivity contribution >= 4 is 36.9 Å². The number of anilines is 1. The van der Waals surface area contributed by atoms with Crippen LogP contribution >= 0.6 is 7.75 Å². The Morgan fingerprint density at radius 1 is 1.02 bits per heavy atom.